The molecule has 0 aliphatic carbocycles. The number of hydrogen-bond acceptors (Lipinski definition) is 4. The van der Waals surface area contributed by atoms with Crippen LogP contribution in [-0.2, 0) is 11.3 Å². The standard InChI is InChI=1S/C9H7NO4/c11-8(12)5-10-6-3-1-2-4-7(6)14-9(10)13/h1-4H,5H2,(H,11,12)/p-1. The number of carbonyl (C=O) groups is 1. The van der Waals surface area contributed by atoms with E-state index in [2.05, 4.69) is 0 Å². The predicted molar refractivity (Wildman–Crippen MR) is 45.5 cm³/mol. The van der Waals surface area contributed by atoms with Gasteiger partial charge in [-0.25, -0.2) is 4.79 Å². The second kappa shape index (κ2) is 3.02. The Balaban J connectivity index is 2.68. The van der Waals surface area contributed by atoms with Gasteiger partial charge in [0.25, 0.3) is 0 Å². The van der Waals surface area contributed by atoms with Gasteiger partial charge in [-0.3, -0.25) is 4.57 Å². The molecular formula is C9H6NO4-. The molecule has 2 aromatic rings. The van der Waals surface area contributed by atoms with Crippen molar-refractivity contribution in [2.24, 2.45) is 0 Å². The number of fused-ring (bicyclic) bond motifs is 1. The zero-order valence-electron chi connectivity index (χ0n) is 7.10. The molecule has 0 atom stereocenters. The third kappa shape index (κ3) is 1.28. The van der Waals surface area contributed by atoms with Gasteiger partial charge in [0.2, 0.25) is 0 Å². The van der Waals surface area contributed by atoms with Crippen LogP contribution in [0.2, 0.25) is 0 Å². The SMILES string of the molecule is O=C([O-])Cn1c(=O)oc2ccccc21. The number of carbonyl (C=O) groups excluding carboxylic acids is 1. The Bertz CT molecular complexity index is 537. The van der Waals surface area contributed by atoms with E-state index in [0.717, 1.165) is 4.57 Å². The van der Waals surface area contributed by atoms with Crippen LogP contribution >= 0.6 is 0 Å². The van der Waals surface area contributed by atoms with Crippen molar-refractivity contribution in [3.05, 3.63) is 34.8 Å². The van der Waals surface area contributed by atoms with E-state index in [1.807, 2.05) is 0 Å². The summed E-state index contributed by atoms with van der Waals surface area (Å²) in [5, 5.41) is 10.4. The number of oxazole rings is 1. The van der Waals surface area contributed by atoms with E-state index in [-0.39, 0.29) is 0 Å². The monoisotopic (exact) mass is 192 g/mol. The summed E-state index contributed by atoms with van der Waals surface area (Å²) in [6.45, 7) is -0.490. The molecule has 72 valence electrons. The predicted octanol–water partition coefficient (Wildman–Crippen LogP) is -0.656. The number of para-hydroxylation sites is 2. The van der Waals surface area contributed by atoms with Gasteiger partial charge >= 0.3 is 5.76 Å². The molecule has 5 heteroatoms. The minimum absolute atomic E-state index is 0.374. The van der Waals surface area contributed by atoms with Crippen molar-refractivity contribution < 1.29 is 14.3 Å². The second-order valence-electron chi connectivity index (χ2n) is 2.79. The topological polar surface area (TPSA) is 75.3 Å². The lowest BCUT2D eigenvalue weighted by Gasteiger charge is -2.01. The molecule has 14 heavy (non-hydrogen) atoms. The number of nitrogens with zero attached hydrogens (tertiary/aromatic N) is 1. The molecule has 0 saturated carbocycles. The molecule has 0 N–H and O–H groups in total. The Labute approximate surface area is 78.2 Å². The van der Waals surface area contributed by atoms with E-state index < -0.39 is 18.3 Å². The number of carboxylic acids is 1. The number of hydrogen-bond donors (Lipinski definition) is 0. The van der Waals surface area contributed by atoms with Crippen molar-refractivity contribution in [3.63, 3.8) is 0 Å². The molecule has 0 spiro atoms. The lowest BCUT2D eigenvalue weighted by molar-refractivity contribution is -0.306. The highest BCUT2D eigenvalue weighted by molar-refractivity contribution is 5.75. The number of aliphatic carboxylic acids is 1. The molecule has 1 aromatic carbocycles. The van der Waals surface area contributed by atoms with Crippen molar-refractivity contribution in [3.8, 4) is 0 Å². The van der Waals surface area contributed by atoms with Gasteiger partial charge in [-0.15, -0.1) is 0 Å². The average Bonchev–Trinajstić information content (AvgIpc) is 2.43. The van der Waals surface area contributed by atoms with Crippen LogP contribution in [0.1, 0.15) is 0 Å². The summed E-state index contributed by atoms with van der Waals surface area (Å²) in [6, 6.07) is 6.61. The largest absolute Gasteiger partial charge is 0.548 e. The summed E-state index contributed by atoms with van der Waals surface area (Å²) < 4.78 is 5.83. The maximum Gasteiger partial charge on any atom is 0.420 e. The van der Waals surface area contributed by atoms with Gasteiger partial charge in [-0.1, -0.05) is 12.1 Å². The van der Waals surface area contributed by atoms with Gasteiger partial charge in [0.15, 0.2) is 5.58 Å². The fourth-order valence-electron chi connectivity index (χ4n) is 1.29. The van der Waals surface area contributed by atoms with Crippen molar-refractivity contribution in [2.45, 2.75) is 6.54 Å². The summed E-state index contributed by atoms with van der Waals surface area (Å²) in [5.74, 6) is -2.01. The lowest BCUT2D eigenvalue weighted by Crippen LogP contribution is -2.31. The molecule has 0 aliphatic heterocycles. The Hall–Kier alpha value is -2.04. The van der Waals surface area contributed by atoms with Crippen molar-refractivity contribution in [2.75, 3.05) is 0 Å². The van der Waals surface area contributed by atoms with Gasteiger partial charge < -0.3 is 14.3 Å². The van der Waals surface area contributed by atoms with Gasteiger partial charge in [0.1, 0.15) is 0 Å². The number of rotatable bonds is 2. The van der Waals surface area contributed by atoms with Crippen LogP contribution in [0.4, 0.5) is 0 Å². The molecule has 0 amide bonds. The average molecular weight is 192 g/mol. The van der Waals surface area contributed by atoms with Crippen LogP contribution in [0.3, 0.4) is 0 Å². The van der Waals surface area contributed by atoms with Crippen LogP contribution in [0.15, 0.2) is 33.5 Å². The van der Waals surface area contributed by atoms with Gasteiger partial charge in [0, 0.05) is 0 Å². The summed E-state index contributed by atoms with van der Waals surface area (Å²) >= 11 is 0. The van der Waals surface area contributed by atoms with Gasteiger partial charge in [-0.2, -0.15) is 0 Å². The number of aromatic nitrogens is 1. The Morgan fingerprint density at radius 2 is 2.14 bits per heavy atom. The van der Waals surface area contributed by atoms with Crippen LogP contribution in [0.25, 0.3) is 11.1 Å². The van der Waals surface area contributed by atoms with Crippen LogP contribution < -0.4 is 10.9 Å². The quantitative estimate of drug-likeness (QED) is 0.633. The van der Waals surface area contributed by atoms with Gasteiger partial charge in [0.05, 0.1) is 18.0 Å². The fourth-order valence-corrected chi connectivity index (χ4v) is 1.29. The first-order chi connectivity index (χ1) is 6.68. The second-order valence-corrected chi connectivity index (χ2v) is 2.79. The molecular weight excluding hydrogens is 186 g/mol. The molecule has 1 aromatic heterocycles. The van der Waals surface area contributed by atoms with Crippen LogP contribution in [0.5, 0.6) is 0 Å². The van der Waals surface area contributed by atoms with Crippen LogP contribution in [0, 0.1) is 0 Å². The maximum absolute atomic E-state index is 11.2. The number of carboxylic acid groups (broad SMARTS) is 1. The number of benzene rings is 1. The van der Waals surface area contributed by atoms with E-state index >= 15 is 0 Å². The summed E-state index contributed by atoms with van der Waals surface area (Å²) in [4.78, 5) is 21.5. The zero-order valence-corrected chi connectivity index (χ0v) is 7.10. The molecule has 0 bridgehead atoms. The maximum atomic E-state index is 11.2. The van der Waals surface area contributed by atoms with E-state index in [9.17, 15) is 14.7 Å². The highest BCUT2D eigenvalue weighted by Crippen LogP contribution is 2.10. The van der Waals surface area contributed by atoms with Crippen molar-refractivity contribution in [1.29, 1.82) is 0 Å². The molecule has 5 nitrogen and oxygen atoms in total. The van der Waals surface area contributed by atoms with Crippen molar-refractivity contribution >= 4 is 17.1 Å². The third-order valence-electron chi connectivity index (χ3n) is 1.86. The first-order valence-electron chi connectivity index (χ1n) is 3.96. The summed E-state index contributed by atoms with van der Waals surface area (Å²) in [6.07, 6.45) is 0. The highest BCUT2D eigenvalue weighted by Gasteiger charge is 2.07. The molecule has 0 fully saturated rings. The van der Waals surface area contributed by atoms with E-state index in [4.69, 9.17) is 4.42 Å². The molecule has 1 heterocycles. The lowest BCUT2D eigenvalue weighted by atomic mass is 10.3. The molecule has 2 rings (SSSR count). The van der Waals surface area contributed by atoms with Crippen molar-refractivity contribution in [1.82, 2.24) is 4.57 Å². The molecule has 0 saturated heterocycles. The van der Waals surface area contributed by atoms with E-state index in [1.54, 1.807) is 24.3 Å². The molecule has 0 unspecified atom stereocenters. The highest BCUT2D eigenvalue weighted by atomic mass is 16.4. The first kappa shape index (κ1) is 8.55. The molecule has 0 radical (unpaired) electrons. The minimum Gasteiger partial charge on any atom is -0.548 e. The third-order valence-corrected chi connectivity index (χ3v) is 1.86. The Kier molecular flexibility index (Phi) is 1.85. The van der Waals surface area contributed by atoms with Gasteiger partial charge in [-0.05, 0) is 12.1 Å². The van der Waals surface area contributed by atoms with Crippen LogP contribution in [-0.4, -0.2) is 10.5 Å². The minimum atomic E-state index is -1.32. The normalized spacial score (nSPS) is 10.6. The first-order valence-corrected chi connectivity index (χ1v) is 3.96. The molecule has 0 aliphatic rings. The Morgan fingerprint density at radius 3 is 2.86 bits per heavy atom. The summed E-state index contributed by atoms with van der Waals surface area (Å²) in [7, 11) is 0. The fraction of sp³-hybridized carbons (Fsp3) is 0.111. The van der Waals surface area contributed by atoms with E-state index in [0.29, 0.717) is 11.1 Å². The zero-order chi connectivity index (χ0) is 10.1. The Morgan fingerprint density at radius 1 is 1.43 bits per heavy atom. The van der Waals surface area contributed by atoms with E-state index in [1.165, 1.54) is 0 Å². The summed E-state index contributed by atoms with van der Waals surface area (Å²) in [5.41, 5.74) is 0.834. The smallest absolute Gasteiger partial charge is 0.420 e.